The molecule has 3 saturated carbocycles. The zero-order valence-corrected chi connectivity index (χ0v) is 23.9. The number of nitrogens with one attached hydrogen (secondary N) is 1. The molecule has 8 heteroatoms. The van der Waals surface area contributed by atoms with Crippen molar-refractivity contribution in [2.24, 2.45) is 39.7 Å². The molecule has 0 aromatic rings. The van der Waals surface area contributed by atoms with E-state index in [2.05, 4.69) is 24.3 Å². The van der Waals surface area contributed by atoms with Gasteiger partial charge in [-0.3, -0.25) is 14.5 Å². The van der Waals surface area contributed by atoms with Crippen LogP contribution in [0.3, 0.4) is 0 Å². The first-order valence-corrected chi connectivity index (χ1v) is 15.4. The maximum Gasteiger partial charge on any atom is 0.436 e. The van der Waals surface area contributed by atoms with Gasteiger partial charge in [0.2, 0.25) is 0 Å². The van der Waals surface area contributed by atoms with E-state index in [1.165, 1.54) is 24.8 Å². The number of nitrogens with zero attached hydrogens (tertiary/aromatic N) is 2. The van der Waals surface area contributed by atoms with Gasteiger partial charge in [-0.05, 0) is 106 Å². The number of halogens is 1. The second kappa shape index (κ2) is 10.6. The summed E-state index contributed by atoms with van der Waals surface area (Å²) in [6, 6.07) is -0.238. The van der Waals surface area contributed by atoms with Gasteiger partial charge in [0, 0.05) is 24.9 Å². The minimum absolute atomic E-state index is 0.0298. The molecule has 1 amide bonds. The van der Waals surface area contributed by atoms with Crippen LogP contribution in [0.1, 0.15) is 85.0 Å². The molecule has 7 nitrogen and oxygen atoms in total. The van der Waals surface area contributed by atoms with Gasteiger partial charge in [0.1, 0.15) is 6.17 Å². The molecule has 216 valence electrons. The highest BCUT2D eigenvalue weighted by Gasteiger charge is 2.59. The second-order valence-corrected chi connectivity index (χ2v) is 13.8. The van der Waals surface area contributed by atoms with Crippen LogP contribution < -0.4 is 5.32 Å². The maximum atomic E-state index is 14.1. The van der Waals surface area contributed by atoms with Gasteiger partial charge in [-0.1, -0.05) is 24.6 Å². The number of carbonyl (C=O) groups is 2. The number of fused-ring (bicyclic) bond motifs is 5. The molecule has 0 spiro atoms. The van der Waals surface area contributed by atoms with Gasteiger partial charge < -0.3 is 10.1 Å². The van der Waals surface area contributed by atoms with E-state index in [4.69, 9.17) is 9.57 Å². The number of hydrogen-bond donors (Lipinski definition) is 1. The quantitative estimate of drug-likeness (QED) is 0.274. The van der Waals surface area contributed by atoms with Gasteiger partial charge in [0.25, 0.3) is 0 Å². The lowest BCUT2D eigenvalue weighted by atomic mass is 9.46. The predicted molar refractivity (Wildman–Crippen MR) is 147 cm³/mol. The predicted octanol–water partition coefficient (Wildman–Crippen LogP) is 5.44. The van der Waals surface area contributed by atoms with E-state index in [0.717, 1.165) is 31.4 Å². The first-order valence-electron chi connectivity index (χ1n) is 15.4. The molecule has 0 bridgehead atoms. The average molecular weight is 544 g/mol. The molecule has 2 saturated heterocycles. The summed E-state index contributed by atoms with van der Waals surface area (Å²) in [4.78, 5) is 32.5. The summed E-state index contributed by atoms with van der Waals surface area (Å²) >= 11 is 0. The number of ketones is 1. The van der Waals surface area contributed by atoms with E-state index in [9.17, 15) is 14.0 Å². The van der Waals surface area contributed by atoms with Crippen molar-refractivity contribution in [2.75, 3.05) is 26.3 Å². The van der Waals surface area contributed by atoms with Crippen LogP contribution in [0.2, 0.25) is 0 Å². The van der Waals surface area contributed by atoms with Crippen molar-refractivity contribution in [2.45, 2.75) is 103 Å². The molecule has 2 aliphatic heterocycles. The summed E-state index contributed by atoms with van der Waals surface area (Å²) in [5.41, 5.74) is 2.67. The van der Waals surface area contributed by atoms with E-state index >= 15 is 0 Å². The largest absolute Gasteiger partial charge is 0.436 e. The Morgan fingerprint density at radius 3 is 2.69 bits per heavy atom. The van der Waals surface area contributed by atoms with Gasteiger partial charge in [-0.15, -0.1) is 0 Å². The van der Waals surface area contributed by atoms with Gasteiger partial charge in [0.05, 0.1) is 25.0 Å². The second-order valence-electron chi connectivity index (χ2n) is 13.8. The first kappa shape index (κ1) is 27.4. The Kier molecular flexibility index (Phi) is 7.41. The average Bonchev–Trinajstić information content (AvgIpc) is 3.46. The zero-order chi connectivity index (χ0) is 27.4. The highest BCUT2D eigenvalue weighted by Crippen LogP contribution is 2.66. The monoisotopic (exact) mass is 543 g/mol. The van der Waals surface area contributed by atoms with E-state index in [1.807, 2.05) is 13.0 Å². The molecule has 8 atom stereocenters. The summed E-state index contributed by atoms with van der Waals surface area (Å²) < 4.78 is 19.4. The minimum Gasteiger partial charge on any atom is -0.377 e. The summed E-state index contributed by atoms with van der Waals surface area (Å²) in [7, 11) is 0. The number of alkyl halides is 1. The molecule has 39 heavy (non-hydrogen) atoms. The molecule has 2 heterocycles. The number of ether oxygens (including phenoxy) is 1. The molecule has 5 fully saturated rings. The molecule has 2 unspecified atom stereocenters. The molecule has 6 aliphatic rings. The molecular weight excluding hydrogens is 497 g/mol. The Hall–Kier alpha value is -1.80. The maximum absolute atomic E-state index is 14.1. The fourth-order valence-electron chi connectivity index (χ4n) is 9.60. The Morgan fingerprint density at radius 2 is 1.97 bits per heavy atom. The Morgan fingerprint density at radius 1 is 1.15 bits per heavy atom. The third-order valence-electron chi connectivity index (χ3n) is 12.0. The van der Waals surface area contributed by atoms with Gasteiger partial charge in [-0.2, -0.15) is 0 Å². The van der Waals surface area contributed by atoms with Crippen LogP contribution in [0.15, 0.2) is 16.8 Å². The van der Waals surface area contributed by atoms with E-state index in [0.29, 0.717) is 75.0 Å². The van der Waals surface area contributed by atoms with Gasteiger partial charge >= 0.3 is 6.09 Å². The van der Waals surface area contributed by atoms with E-state index < -0.39 is 12.3 Å². The van der Waals surface area contributed by atoms with Crippen LogP contribution in [0.5, 0.6) is 0 Å². The number of hydrogen-bond acceptors (Lipinski definition) is 6. The summed E-state index contributed by atoms with van der Waals surface area (Å²) in [6.45, 7) is 9.01. The van der Waals surface area contributed by atoms with Crippen LogP contribution in [-0.2, 0) is 14.4 Å². The van der Waals surface area contributed by atoms with Crippen molar-refractivity contribution in [3.63, 3.8) is 0 Å². The van der Waals surface area contributed by atoms with Gasteiger partial charge in [0.15, 0.2) is 5.78 Å². The van der Waals surface area contributed by atoms with Crippen LogP contribution in [-0.4, -0.2) is 67.0 Å². The smallest absolute Gasteiger partial charge is 0.377 e. The number of oxime groups is 1. The molecule has 6 rings (SSSR count). The standard InChI is InChI=1S/C31H46FN3O4/c1-19(34-39-29(37)35(21-17-38-18-21)15-11-28-27(32)10-14-33-28)24-6-7-25-23-5-4-20-16-22(36)8-12-30(20,2)26(23)9-13-31(24,25)3/h16,21,23-28,33H,4-15,17-18H2,1-3H3/b34-19+/t23-,24+,25-,26-,27?,28?,30-,31+/m0/s1. The van der Waals surface area contributed by atoms with Crippen molar-refractivity contribution in [3.05, 3.63) is 11.6 Å². The number of rotatable bonds is 6. The number of allylic oxidation sites excluding steroid dienone is 1. The Balaban J connectivity index is 1.11. The van der Waals surface area contributed by atoms with Gasteiger partial charge in [-0.25, -0.2) is 9.18 Å². The molecular formula is C31H46FN3O4. The van der Waals surface area contributed by atoms with Crippen LogP contribution in [0.25, 0.3) is 0 Å². The number of amides is 1. The van der Waals surface area contributed by atoms with E-state index in [-0.39, 0.29) is 22.9 Å². The lowest BCUT2D eigenvalue weighted by Gasteiger charge is -2.58. The van der Waals surface area contributed by atoms with Crippen LogP contribution >= 0.6 is 0 Å². The topological polar surface area (TPSA) is 80.2 Å². The van der Waals surface area contributed by atoms with Crippen LogP contribution in [0, 0.1) is 34.5 Å². The Bertz CT molecular complexity index is 1040. The molecule has 4 aliphatic carbocycles. The van der Waals surface area contributed by atoms with Crippen molar-refractivity contribution in [3.8, 4) is 0 Å². The Labute approximate surface area is 232 Å². The van der Waals surface area contributed by atoms with Crippen molar-refractivity contribution in [1.29, 1.82) is 0 Å². The van der Waals surface area contributed by atoms with Crippen LogP contribution in [0.4, 0.5) is 9.18 Å². The molecule has 0 aromatic carbocycles. The highest BCUT2D eigenvalue weighted by atomic mass is 19.1. The SMILES string of the molecule is C/C(=N\OC(=O)N(CCC1NCCC1F)C1COC1)[C@H]1CC[C@H]2[C@@H]3CCC4=CC(=O)CC[C@]4(C)[C@H]3CC[C@]12C. The molecule has 0 radical (unpaired) electrons. The minimum atomic E-state index is -0.859. The fraction of sp³-hybridized carbons (Fsp3) is 0.839. The third kappa shape index (κ3) is 4.77. The fourth-order valence-corrected chi connectivity index (χ4v) is 9.60. The first-order chi connectivity index (χ1) is 18.7. The van der Waals surface area contributed by atoms with Crippen molar-refractivity contribution < 1.29 is 23.6 Å². The molecule has 0 aromatic heterocycles. The lowest BCUT2D eigenvalue weighted by Crippen LogP contribution is -2.53. The van der Waals surface area contributed by atoms with Crippen molar-refractivity contribution in [1.82, 2.24) is 10.2 Å². The van der Waals surface area contributed by atoms with E-state index in [1.54, 1.807) is 4.90 Å². The third-order valence-corrected chi connectivity index (χ3v) is 12.0. The summed E-state index contributed by atoms with van der Waals surface area (Å²) in [5.74, 6) is 2.62. The number of carbonyl (C=O) groups excluding carboxylic acids is 2. The summed E-state index contributed by atoms with van der Waals surface area (Å²) in [6.07, 6.45) is 10.3. The summed E-state index contributed by atoms with van der Waals surface area (Å²) in [5, 5.41) is 7.64. The zero-order valence-electron chi connectivity index (χ0n) is 23.9. The normalized spacial score (nSPS) is 42.2. The highest BCUT2D eigenvalue weighted by molar-refractivity contribution is 5.91. The molecule has 1 N–H and O–H groups in total. The van der Waals surface area contributed by atoms with Crippen molar-refractivity contribution >= 4 is 17.6 Å². The lowest BCUT2D eigenvalue weighted by molar-refractivity contribution is -0.117.